The normalized spacial score (nSPS) is 31.5. The van der Waals surface area contributed by atoms with Crippen molar-refractivity contribution in [3.05, 3.63) is 36.0 Å². The lowest BCUT2D eigenvalue weighted by atomic mass is 9.46. The van der Waals surface area contributed by atoms with Crippen molar-refractivity contribution in [1.29, 1.82) is 0 Å². The summed E-state index contributed by atoms with van der Waals surface area (Å²) in [6.45, 7) is 18.7. The molecule has 1 aromatic heterocycles. The minimum Gasteiger partial charge on any atom is -0.468 e. The molecule has 0 radical (unpaired) electrons. The van der Waals surface area contributed by atoms with Crippen LogP contribution in [0.3, 0.4) is 0 Å². The first-order chi connectivity index (χ1) is 26.4. The standard InChI is InChI=1S/C46H70N2O8/c1-11-12-18-39-43(5,6)40(55-30(3)50)20-23-45(39,8)33-26-38(54-29(2)49)41-35(19-22-44(41,7)27-33)46(9,56-31(4)51)21-15-24-47-37(42(52)53-10)25-32-28-48-36-17-14-13-16-34(32)36/h13-14,16-17,28,33,35,37-41,47-48H,11-12,15,18-27H2,1-10H3/t33?,35?,37-,38?,39?,40-,41-,44-,45+,46?/m0/s1. The maximum Gasteiger partial charge on any atom is 0.323 e. The molecule has 2 N–H and O–H groups in total. The van der Waals surface area contributed by atoms with Gasteiger partial charge in [-0.15, -0.1) is 0 Å². The average molecular weight is 779 g/mol. The summed E-state index contributed by atoms with van der Waals surface area (Å²) in [5.41, 5.74) is 0.901. The van der Waals surface area contributed by atoms with Gasteiger partial charge in [-0.3, -0.25) is 19.2 Å². The van der Waals surface area contributed by atoms with E-state index in [1.807, 2.05) is 30.5 Å². The number of benzene rings is 1. The third-order valence-corrected chi connectivity index (χ3v) is 14.8. The van der Waals surface area contributed by atoms with Crippen molar-refractivity contribution in [2.24, 2.45) is 39.9 Å². The van der Waals surface area contributed by atoms with Gasteiger partial charge in [0, 0.05) is 61.5 Å². The van der Waals surface area contributed by atoms with E-state index in [9.17, 15) is 19.2 Å². The fraction of sp³-hybridized carbons (Fsp3) is 0.739. The Bertz CT molecular complexity index is 1700. The molecule has 5 unspecified atom stereocenters. The monoisotopic (exact) mass is 779 g/mol. The van der Waals surface area contributed by atoms with Gasteiger partial charge in [-0.2, -0.15) is 0 Å². The number of carbonyl (C=O) groups is 4. The molecular formula is C46H70N2O8. The zero-order valence-electron chi connectivity index (χ0n) is 35.9. The summed E-state index contributed by atoms with van der Waals surface area (Å²) >= 11 is 0. The van der Waals surface area contributed by atoms with Gasteiger partial charge in [-0.1, -0.05) is 65.7 Å². The molecule has 10 nitrogen and oxygen atoms in total. The Morgan fingerprint density at radius 3 is 2.34 bits per heavy atom. The fourth-order valence-corrected chi connectivity index (χ4v) is 12.2. The zero-order chi connectivity index (χ0) is 41.1. The summed E-state index contributed by atoms with van der Waals surface area (Å²) in [4.78, 5) is 54.2. The van der Waals surface area contributed by atoms with E-state index < -0.39 is 11.6 Å². The molecule has 0 amide bonds. The SMILES string of the molecule is CCCCC1C(C)(C)[C@@H](OC(C)=O)CC[C@]1(C)C1CC(OC(C)=O)[C@@H]2C(C(C)(CCCN[C@@H](Cc3c[nH]c4ccccc34)C(=O)OC)OC(C)=O)CC[C@@]2(C)C1. The quantitative estimate of drug-likeness (QED) is 0.0974. The maximum atomic E-state index is 12.9. The second-order valence-corrected chi connectivity index (χ2v) is 18.9. The first-order valence-corrected chi connectivity index (χ1v) is 21.3. The molecule has 1 heterocycles. The first-order valence-electron chi connectivity index (χ1n) is 21.3. The minimum atomic E-state index is -0.795. The number of hydrogen-bond acceptors (Lipinski definition) is 9. The smallest absolute Gasteiger partial charge is 0.323 e. The van der Waals surface area contributed by atoms with Crippen molar-refractivity contribution in [3.63, 3.8) is 0 Å². The van der Waals surface area contributed by atoms with Gasteiger partial charge < -0.3 is 29.2 Å². The highest BCUT2D eigenvalue weighted by Crippen LogP contribution is 2.66. The number of H-pyrrole nitrogens is 1. The second-order valence-electron chi connectivity index (χ2n) is 18.9. The maximum absolute atomic E-state index is 12.9. The van der Waals surface area contributed by atoms with Crippen LogP contribution in [0.2, 0.25) is 0 Å². The van der Waals surface area contributed by atoms with Crippen LogP contribution < -0.4 is 5.32 Å². The van der Waals surface area contributed by atoms with Gasteiger partial charge in [0.25, 0.3) is 0 Å². The number of ether oxygens (including phenoxy) is 4. The number of hydrogen-bond donors (Lipinski definition) is 2. The van der Waals surface area contributed by atoms with E-state index in [4.69, 9.17) is 18.9 Å². The van der Waals surface area contributed by atoms with Gasteiger partial charge in [-0.05, 0) is 106 Å². The molecule has 1 aromatic carbocycles. The zero-order valence-corrected chi connectivity index (χ0v) is 35.9. The number of aromatic nitrogens is 1. The van der Waals surface area contributed by atoms with Crippen LogP contribution in [0.4, 0.5) is 0 Å². The van der Waals surface area contributed by atoms with Gasteiger partial charge in [-0.25, -0.2) is 0 Å². The van der Waals surface area contributed by atoms with E-state index in [2.05, 4.69) is 51.8 Å². The summed E-state index contributed by atoms with van der Waals surface area (Å²) in [6.07, 6.45) is 11.9. The Balaban J connectivity index is 1.36. The van der Waals surface area contributed by atoms with Gasteiger partial charge in [0.1, 0.15) is 23.9 Å². The molecule has 3 saturated carbocycles. The van der Waals surface area contributed by atoms with Crippen LogP contribution in [0, 0.1) is 39.9 Å². The number of carbonyl (C=O) groups excluding carboxylic acids is 4. The van der Waals surface area contributed by atoms with Crippen LogP contribution in [0.5, 0.6) is 0 Å². The lowest BCUT2D eigenvalue weighted by Crippen LogP contribution is -2.58. The predicted octanol–water partition coefficient (Wildman–Crippen LogP) is 8.88. The lowest BCUT2D eigenvalue weighted by Gasteiger charge is -2.60. The molecule has 0 bridgehead atoms. The van der Waals surface area contributed by atoms with Crippen molar-refractivity contribution in [2.75, 3.05) is 13.7 Å². The molecule has 312 valence electrons. The molecule has 56 heavy (non-hydrogen) atoms. The topological polar surface area (TPSA) is 133 Å². The highest BCUT2D eigenvalue weighted by Gasteiger charge is 2.63. The van der Waals surface area contributed by atoms with Crippen LogP contribution in [0.15, 0.2) is 30.5 Å². The largest absolute Gasteiger partial charge is 0.468 e. The highest BCUT2D eigenvalue weighted by molar-refractivity contribution is 5.84. The van der Waals surface area contributed by atoms with Crippen LogP contribution in [0.1, 0.15) is 139 Å². The van der Waals surface area contributed by atoms with Crippen molar-refractivity contribution in [2.45, 2.75) is 163 Å². The highest BCUT2D eigenvalue weighted by atomic mass is 16.6. The lowest BCUT2D eigenvalue weighted by molar-refractivity contribution is -0.194. The third-order valence-electron chi connectivity index (χ3n) is 14.8. The van der Waals surface area contributed by atoms with Crippen molar-refractivity contribution in [1.82, 2.24) is 10.3 Å². The summed E-state index contributed by atoms with van der Waals surface area (Å²) in [5.74, 6) is -0.494. The van der Waals surface area contributed by atoms with Gasteiger partial charge in [0.05, 0.1) is 7.11 Å². The summed E-state index contributed by atoms with van der Waals surface area (Å²) in [6, 6.07) is 7.51. The molecule has 2 aromatic rings. The van der Waals surface area contributed by atoms with Crippen molar-refractivity contribution >= 4 is 34.8 Å². The van der Waals surface area contributed by atoms with Crippen LogP contribution in [-0.2, 0) is 44.5 Å². The van der Waals surface area contributed by atoms with Crippen LogP contribution in [0.25, 0.3) is 10.9 Å². The number of unbranched alkanes of at least 4 members (excludes halogenated alkanes) is 1. The number of methoxy groups -OCH3 is 1. The van der Waals surface area contributed by atoms with Crippen LogP contribution in [-0.4, -0.2) is 66.4 Å². The van der Waals surface area contributed by atoms with E-state index in [0.717, 1.165) is 74.3 Å². The molecule has 10 atom stereocenters. The number of para-hydroxylation sites is 1. The molecule has 0 saturated heterocycles. The third kappa shape index (κ3) is 9.16. The average Bonchev–Trinajstić information content (AvgIpc) is 3.71. The number of esters is 4. The van der Waals surface area contributed by atoms with Gasteiger partial charge in [0.15, 0.2) is 0 Å². The molecule has 0 spiro atoms. The van der Waals surface area contributed by atoms with E-state index in [1.165, 1.54) is 27.9 Å². The van der Waals surface area contributed by atoms with E-state index in [0.29, 0.717) is 37.6 Å². The van der Waals surface area contributed by atoms with Crippen molar-refractivity contribution < 1.29 is 38.1 Å². The Hall–Kier alpha value is -3.40. The van der Waals surface area contributed by atoms with E-state index in [-0.39, 0.29) is 64.2 Å². The number of nitrogens with one attached hydrogen (secondary N) is 2. The number of fused-ring (bicyclic) bond motifs is 2. The van der Waals surface area contributed by atoms with E-state index >= 15 is 0 Å². The Morgan fingerprint density at radius 2 is 1.68 bits per heavy atom. The molecule has 3 aliphatic carbocycles. The minimum absolute atomic E-state index is 0.0100. The molecule has 10 heteroatoms. The Labute approximate surface area is 335 Å². The Morgan fingerprint density at radius 1 is 0.964 bits per heavy atom. The van der Waals surface area contributed by atoms with Gasteiger partial charge in [0.2, 0.25) is 0 Å². The van der Waals surface area contributed by atoms with E-state index in [1.54, 1.807) is 0 Å². The summed E-state index contributed by atoms with van der Waals surface area (Å²) in [7, 11) is 1.41. The van der Waals surface area contributed by atoms with Crippen LogP contribution >= 0.6 is 0 Å². The Kier molecular flexibility index (Phi) is 13.8. The number of rotatable bonds is 16. The molecular weight excluding hydrogens is 709 g/mol. The van der Waals surface area contributed by atoms with Crippen molar-refractivity contribution in [3.8, 4) is 0 Å². The predicted molar refractivity (Wildman–Crippen MR) is 218 cm³/mol. The summed E-state index contributed by atoms with van der Waals surface area (Å²) < 4.78 is 23.9. The first kappa shape index (κ1) is 43.7. The molecule has 3 fully saturated rings. The fourth-order valence-electron chi connectivity index (χ4n) is 12.2. The molecule has 3 aliphatic rings. The molecule has 0 aliphatic heterocycles. The summed E-state index contributed by atoms with van der Waals surface area (Å²) in [5, 5.41) is 4.53. The van der Waals surface area contributed by atoms with Gasteiger partial charge >= 0.3 is 23.9 Å². The second kappa shape index (κ2) is 17.6. The number of aromatic amines is 1. The molecule has 5 rings (SSSR count).